The van der Waals surface area contributed by atoms with Gasteiger partial charge in [0.05, 0.1) is 6.54 Å². The fourth-order valence-corrected chi connectivity index (χ4v) is 2.08. The molecule has 0 aliphatic carbocycles. The zero-order valence-electron chi connectivity index (χ0n) is 9.08. The number of nitrogens with zero attached hydrogens (tertiary/aromatic N) is 1. The van der Waals surface area contributed by atoms with E-state index in [0.29, 0.717) is 6.54 Å². The molecule has 3 nitrogen and oxygen atoms in total. The Morgan fingerprint density at radius 1 is 1.31 bits per heavy atom. The number of carbonyl (C=O) groups is 1. The number of hydrogen-bond acceptors (Lipinski definition) is 2. The van der Waals surface area contributed by atoms with Crippen LogP contribution in [0.15, 0.2) is 28.7 Å². The Morgan fingerprint density at radius 2 is 2.06 bits per heavy atom. The molecule has 0 bridgehead atoms. The fraction of sp³-hybridized carbons (Fsp3) is 0.417. The second-order valence-corrected chi connectivity index (χ2v) is 4.92. The third-order valence-electron chi connectivity index (χ3n) is 2.75. The largest absolute Gasteiger partial charge is 0.354 e. The third-order valence-corrected chi connectivity index (χ3v) is 3.28. The molecular formula is C12H15BrN2O. The Bertz CT molecular complexity index is 364. The third kappa shape index (κ3) is 3.32. The lowest BCUT2D eigenvalue weighted by molar-refractivity contribution is -0.124. The molecule has 0 aromatic heterocycles. The van der Waals surface area contributed by atoms with E-state index in [4.69, 9.17) is 0 Å². The first-order valence-corrected chi connectivity index (χ1v) is 6.27. The summed E-state index contributed by atoms with van der Waals surface area (Å²) in [5.41, 5.74) is 1.31. The number of piperazine rings is 1. The van der Waals surface area contributed by atoms with Crippen molar-refractivity contribution in [1.29, 1.82) is 0 Å². The highest BCUT2D eigenvalue weighted by Gasteiger charge is 2.15. The monoisotopic (exact) mass is 282 g/mol. The van der Waals surface area contributed by atoms with Gasteiger partial charge >= 0.3 is 0 Å². The van der Waals surface area contributed by atoms with Gasteiger partial charge in [-0.3, -0.25) is 9.69 Å². The van der Waals surface area contributed by atoms with E-state index in [0.717, 1.165) is 30.5 Å². The lowest BCUT2D eigenvalue weighted by Gasteiger charge is -2.26. The Kier molecular flexibility index (Phi) is 3.96. The van der Waals surface area contributed by atoms with E-state index in [-0.39, 0.29) is 5.91 Å². The summed E-state index contributed by atoms with van der Waals surface area (Å²) in [4.78, 5) is 13.4. The minimum absolute atomic E-state index is 0.141. The lowest BCUT2D eigenvalue weighted by Crippen LogP contribution is -2.48. The van der Waals surface area contributed by atoms with Crippen LogP contribution in [0.25, 0.3) is 0 Å². The molecular weight excluding hydrogens is 268 g/mol. The molecule has 1 aliphatic rings. The summed E-state index contributed by atoms with van der Waals surface area (Å²) in [6, 6.07) is 8.35. The molecule has 2 rings (SSSR count). The van der Waals surface area contributed by atoms with Crippen LogP contribution in [-0.4, -0.2) is 37.0 Å². The maximum Gasteiger partial charge on any atom is 0.234 e. The Morgan fingerprint density at radius 3 is 2.75 bits per heavy atom. The van der Waals surface area contributed by atoms with Gasteiger partial charge in [-0.25, -0.2) is 0 Å². The molecule has 1 aliphatic heterocycles. The van der Waals surface area contributed by atoms with Crippen molar-refractivity contribution >= 4 is 21.8 Å². The van der Waals surface area contributed by atoms with Crippen LogP contribution in [0.3, 0.4) is 0 Å². The van der Waals surface area contributed by atoms with Crippen LogP contribution in [0.2, 0.25) is 0 Å². The summed E-state index contributed by atoms with van der Waals surface area (Å²) in [6.07, 6.45) is 1.00. The van der Waals surface area contributed by atoms with Gasteiger partial charge in [-0.1, -0.05) is 28.1 Å². The number of carbonyl (C=O) groups excluding carboxylic acids is 1. The fourth-order valence-electron chi connectivity index (χ4n) is 1.82. The molecule has 1 amide bonds. The van der Waals surface area contributed by atoms with Gasteiger partial charge in [0.1, 0.15) is 0 Å². The van der Waals surface area contributed by atoms with E-state index in [1.165, 1.54) is 5.56 Å². The second-order valence-electron chi connectivity index (χ2n) is 4.00. The Balaban J connectivity index is 1.82. The van der Waals surface area contributed by atoms with E-state index >= 15 is 0 Å². The van der Waals surface area contributed by atoms with E-state index in [2.05, 4.69) is 50.4 Å². The molecule has 16 heavy (non-hydrogen) atoms. The zero-order chi connectivity index (χ0) is 11.4. The summed E-state index contributed by atoms with van der Waals surface area (Å²) >= 11 is 3.42. The highest BCUT2D eigenvalue weighted by molar-refractivity contribution is 9.10. The Hall–Kier alpha value is -0.870. The molecule has 1 saturated heterocycles. The SMILES string of the molecule is O=C1CN(CCc2ccc(Br)cc2)CCN1. The lowest BCUT2D eigenvalue weighted by atomic mass is 10.1. The summed E-state index contributed by atoms with van der Waals surface area (Å²) in [5.74, 6) is 0.141. The van der Waals surface area contributed by atoms with Gasteiger partial charge in [0.25, 0.3) is 0 Å². The van der Waals surface area contributed by atoms with Crippen molar-refractivity contribution in [3.8, 4) is 0 Å². The normalized spacial score (nSPS) is 17.2. The predicted molar refractivity (Wildman–Crippen MR) is 67.3 cm³/mol. The van der Waals surface area contributed by atoms with Gasteiger partial charge in [0, 0.05) is 24.1 Å². The van der Waals surface area contributed by atoms with Gasteiger partial charge in [-0.2, -0.15) is 0 Å². The minimum atomic E-state index is 0.141. The highest BCUT2D eigenvalue weighted by atomic mass is 79.9. The average molecular weight is 283 g/mol. The maximum atomic E-state index is 11.2. The van der Waals surface area contributed by atoms with Crippen molar-refractivity contribution in [3.05, 3.63) is 34.3 Å². The van der Waals surface area contributed by atoms with E-state index < -0.39 is 0 Å². The minimum Gasteiger partial charge on any atom is -0.354 e. The number of halogens is 1. The van der Waals surface area contributed by atoms with Crippen molar-refractivity contribution in [2.24, 2.45) is 0 Å². The number of rotatable bonds is 3. The summed E-state index contributed by atoms with van der Waals surface area (Å²) in [7, 11) is 0. The van der Waals surface area contributed by atoms with E-state index in [1.54, 1.807) is 0 Å². The molecule has 4 heteroatoms. The first kappa shape index (κ1) is 11.6. The first-order valence-electron chi connectivity index (χ1n) is 5.47. The van der Waals surface area contributed by atoms with E-state index in [1.807, 2.05) is 0 Å². The topological polar surface area (TPSA) is 32.3 Å². The molecule has 0 saturated carbocycles. The van der Waals surface area contributed by atoms with Gasteiger partial charge < -0.3 is 5.32 Å². The van der Waals surface area contributed by atoms with Crippen LogP contribution in [0.4, 0.5) is 0 Å². The van der Waals surface area contributed by atoms with Crippen LogP contribution in [0.5, 0.6) is 0 Å². The van der Waals surface area contributed by atoms with E-state index in [9.17, 15) is 4.79 Å². The molecule has 0 atom stereocenters. The smallest absolute Gasteiger partial charge is 0.234 e. The molecule has 1 fully saturated rings. The molecule has 1 heterocycles. The summed E-state index contributed by atoms with van der Waals surface area (Å²) in [5, 5.41) is 2.83. The number of benzene rings is 1. The highest BCUT2D eigenvalue weighted by Crippen LogP contribution is 2.11. The van der Waals surface area contributed by atoms with Crippen LogP contribution < -0.4 is 5.32 Å². The van der Waals surface area contributed by atoms with Gasteiger partial charge in [-0.15, -0.1) is 0 Å². The molecule has 1 N–H and O–H groups in total. The maximum absolute atomic E-state index is 11.2. The molecule has 86 valence electrons. The summed E-state index contributed by atoms with van der Waals surface area (Å²) in [6.45, 7) is 3.23. The van der Waals surface area contributed by atoms with Gasteiger partial charge in [0.2, 0.25) is 5.91 Å². The standard InChI is InChI=1S/C12H15BrN2O/c13-11-3-1-10(2-4-11)5-7-15-8-6-14-12(16)9-15/h1-4H,5-9H2,(H,14,16). The van der Waals surface area contributed by atoms with Crippen molar-refractivity contribution in [1.82, 2.24) is 10.2 Å². The Labute approximate surface area is 104 Å². The number of nitrogens with one attached hydrogen (secondary N) is 1. The van der Waals surface area contributed by atoms with Crippen LogP contribution in [-0.2, 0) is 11.2 Å². The van der Waals surface area contributed by atoms with Crippen LogP contribution >= 0.6 is 15.9 Å². The van der Waals surface area contributed by atoms with Crippen molar-refractivity contribution in [3.63, 3.8) is 0 Å². The molecule has 0 spiro atoms. The average Bonchev–Trinajstić information content (AvgIpc) is 2.28. The van der Waals surface area contributed by atoms with Crippen LogP contribution in [0.1, 0.15) is 5.56 Å². The van der Waals surface area contributed by atoms with Crippen molar-refractivity contribution in [2.75, 3.05) is 26.2 Å². The second kappa shape index (κ2) is 5.46. The molecule has 0 radical (unpaired) electrons. The molecule has 1 aromatic carbocycles. The zero-order valence-corrected chi connectivity index (χ0v) is 10.7. The quantitative estimate of drug-likeness (QED) is 0.910. The van der Waals surface area contributed by atoms with Crippen molar-refractivity contribution in [2.45, 2.75) is 6.42 Å². The first-order chi connectivity index (χ1) is 7.74. The predicted octanol–water partition coefficient (Wildman–Crippen LogP) is 1.42. The summed E-state index contributed by atoms with van der Waals surface area (Å²) < 4.78 is 1.11. The molecule has 0 unspecified atom stereocenters. The van der Waals surface area contributed by atoms with Crippen LogP contribution in [0, 0.1) is 0 Å². The molecule has 1 aromatic rings. The number of hydrogen-bond donors (Lipinski definition) is 1. The van der Waals surface area contributed by atoms with Gasteiger partial charge in [0.15, 0.2) is 0 Å². The van der Waals surface area contributed by atoms with Crippen molar-refractivity contribution < 1.29 is 4.79 Å². The van der Waals surface area contributed by atoms with Gasteiger partial charge in [-0.05, 0) is 24.1 Å². The number of amides is 1.